The van der Waals surface area contributed by atoms with E-state index < -0.39 is 0 Å². The second-order valence-electron chi connectivity index (χ2n) is 1.70. The molecular weight excluding hydrogens is 140 g/mol. The van der Waals surface area contributed by atoms with E-state index in [0.29, 0.717) is 6.41 Å². The zero-order chi connectivity index (χ0) is 8.36. The Morgan fingerprint density at radius 2 is 2.00 bits per heavy atom. The summed E-state index contributed by atoms with van der Waals surface area (Å²) in [6.45, 7) is 2.60. The van der Waals surface area contributed by atoms with E-state index in [0.717, 1.165) is 6.54 Å². The molecule has 0 saturated heterocycles. The second-order valence-corrected chi connectivity index (χ2v) is 1.70. The van der Waals surface area contributed by atoms with Gasteiger partial charge >= 0.3 is 0 Å². The zero-order valence-corrected chi connectivity index (χ0v) is 6.53. The molecule has 11 heavy (non-hydrogen) atoms. The Morgan fingerprint density at radius 3 is 2.09 bits per heavy atom. The number of amides is 1. The minimum atomic E-state index is 0.681. The van der Waals surface area contributed by atoms with E-state index in [1.807, 2.05) is 25.1 Å². The van der Waals surface area contributed by atoms with Crippen LogP contribution >= 0.6 is 0 Å². The number of pyridine rings is 1. The summed E-state index contributed by atoms with van der Waals surface area (Å²) < 4.78 is 0. The van der Waals surface area contributed by atoms with Gasteiger partial charge in [0.15, 0.2) is 0 Å². The van der Waals surface area contributed by atoms with Gasteiger partial charge in [-0.1, -0.05) is 6.07 Å². The average molecular weight is 152 g/mol. The Morgan fingerprint density at radius 1 is 1.36 bits per heavy atom. The minimum Gasteiger partial charge on any atom is -0.359 e. The van der Waals surface area contributed by atoms with Crippen LogP contribution < -0.4 is 5.32 Å². The molecule has 1 heterocycles. The van der Waals surface area contributed by atoms with E-state index in [1.165, 1.54) is 0 Å². The van der Waals surface area contributed by atoms with E-state index in [-0.39, 0.29) is 0 Å². The maximum Gasteiger partial charge on any atom is 0.207 e. The van der Waals surface area contributed by atoms with Crippen molar-refractivity contribution >= 4 is 6.41 Å². The molecule has 0 aliphatic carbocycles. The molecule has 0 radical (unpaired) electrons. The Hall–Kier alpha value is -1.38. The second kappa shape index (κ2) is 8.62. The topological polar surface area (TPSA) is 42.0 Å². The lowest BCUT2D eigenvalue weighted by Gasteiger charge is -1.78. The Balaban J connectivity index is 0.000000187. The van der Waals surface area contributed by atoms with Gasteiger partial charge in [0.25, 0.3) is 0 Å². The summed E-state index contributed by atoms with van der Waals surface area (Å²) in [6.07, 6.45) is 4.18. The number of nitrogens with zero attached hydrogens (tertiary/aromatic N) is 1. The summed E-state index contributed by atoms with van der Waals surface area (Å²) in [7, 11) is 0. The van der Waals surface area contributed by atoms with Crippen molar-refractivity contribution in [1.29, 1.82) is 0 Å². The van der Waals surface area contributed by atoms with Crippen LogP contribution in [-0.2, 0) is 4.79 Å². The SMILES string of the molecule is CCNC=O.c1ccncc1. The standard InChI is InChI=1S/C5H5N.C3H7NO/c1-2-4-6-5-3-1;1-2-4-3-5/h1-5H;3H,2H2,1H3,(H,4,5). The third kappa shape index (κ3) is 8.62. The van der Waals surface area contributed by atoms with Gasteiger partial charge < -0.3 is 5.32 Å². The highest BCUT2D eigenvalue weighted by Gasteiger charge is 1.59. The molecule has 1 aromatic rings. The minimum absolute atomic E-state index is 0.681. The van der Waals surface area contributed by atoms with Crippen LogP contribution in [-0.4, -0.2) is 17.9 Å². The predicted molar refractivity (Wildman–Crippen MR) is 44.0 cm³/mol. The molecule has 3 nitrogen and oxygen atoms in total. The molecule has 0 bridgehead atoms. The summed E-state index contributed by atoms with van der Waals surface area (Å²) in [5.41, 5.74) is 0. The van der Waals surface area contributed by atoms with Gasteiger partial charge in [-0.15, -0.1) is 0 Å². The fraction of sp³-hybridized carbons (Fsp3) is 0.250. The molecule has 0 spiro atoms. The van der Waals surface area contributed by atoms with Gasteiger partial charge in [-0.05, 0) is 19.1 Å². The first-order valence-electron chi connectivity index (χ1n) is 3.43. The van der Waals surface area contributed by atoms with Crippen molar-refractivity contribution in [3.05, 3.63) is 30.6 Å². The van der Waals surface area contributed by atoms with E-state index in [9.17, 15) is 4.79 Å². The van der Waals surface area contributed by atoms with Crippen molar-refractivity contribution in [2.45, 2.75) is 6.92 Å². The van der Waals surface area contributed by atoms with Gasteiger partial charge in [-0.3, -0.25) is 9.78 Å². The molecule has 0 aliphatic heterocycles. The number of hydrogen-bond donors (Lipinski definition) is 1. The van der Waals surface area contributed by atoms with Crippen LogP contribution in [0.25, 0.3) is 0 Å². The predicted octanol–water partition coefficient (Wildman–Crippen LogP) is 0.834. The van der Waals surface area contributed by atoms with Gasteiger partial charge in [0.1, 0.15) is 0 Å². The average Bonchev–Trinajstić information content (AvgIpc) is 2.10. The van der Waals surface area contributed by atoms with Crippen molar-refractivity contribution in [2.24, 2.45) is 0 Å². The highest BCUT2D eigenvalue weighted by Crippen LogP contribution is 1.73. The quantitative estimate of drug-likeness (QED) is 0.638. The highest BCUT2D eigenvalue weighted by molar-refractivity contribution is 5.45. The van der Waals surface area contributed by atoms with Crippen LogP contribution in [0.3, 0.4) is 0 Å². The summed E-state index contributed by atoms with van der Waals surface area (Å²) in [4.78, 5) is 13.1. The molecule has 0 saturated carbocycles. The summed E-state index contributed by atoms with van der Waals surface area (Å²) in [6, 6.07) is 5.72. The number of aromatic nitrogens is 1. The van der Waals surface area contributed by atoms with Gasteiger partial charge in [0, 0.05) is 18.9 Å². The lowest BCUT2D eigenvalue weighted by molar-refractivity contribution is -0.109. The fourth-order valence-corrected chi connectivity index (χ4v) is 0.396. The van der Waals surface area contributed by atoms with Crippen molar-refractivity contribution in [1.82, 2.24) is 10.3 Å². The van der Waals surface area contributed by atoms with Gasteiger partial charge in [0.2, 0.25) is 6.41 Å². The fourth-order valence-electron chi connectivity index (χ4n) is 0.396. The maximum absolute atomic E-state index is 9.29. The Kier molecular flexibility index (Phi) is 7.54. The van der Waals surface area contributed by atoms with Crippen LogP contribution in [0.4, 0.5) is 0 Å². The van der Waals surface area contributed by atoms with Crippen LogP contribution in [0.1, 0.15) is 6.92 Å². The molecule has 1 aromatic heterocycles. The van der Waals surface area contributed by atoms with Crippen LogP contribution in [0.5, 0.6) is 0 Å². The molecule has 1 rings (SSSR count). The molecule has 60 valence electrons. The van der Waals surface area contributed by atoms with E-state index in [2.05, 4.69) is 10.3 Å². The molecule has 0 fully saturated rings. The van der Waals surface area contributed by atoms with Gasteiger partial charge in [-0.2, -0.15) is 0 Å². The van der Waals surface area contributed by atoms with Crippen LogP contribution in [0.15, 0.2) is 30.6 Å². The Labute approximate surface area is 66.5 Å². The first kappa shape index (κ1) is 9.62. The summed E-state index contributed by atoms with van der Waals surface area (Å²) in [5.74, 6) is 0. The molecular formula is C8H12N2O. The van der Waals surface area contributed by atoms with Gasteiger partial charge in [0.05, 0.1) is 0 Å². The number of carbonyl (C=O) groups is 1. The summed E-state index contributed by atoms with van der Waals surface area (Å²) >= 11 is 0. The smallest absolute Gasteiger partial charge is 0.207 e. The van der Waals surface area contributed by atoms with E-state index in [4.69, 9.17) is 0 Å². The molecule has 1 N–H and O–H groups in total. The lowest BCUT2D eigenvalue weighted by Crippen LogP contribution is -2.07. The first-order valence-corrected chi connectivity index (χ1v) is 3.43. The third-order valence-electron chi connectivity index (χ3n) is 0.854. The van der Waals surface area contributed by atoms with Crippen molar-refractivity contribution in [3.8, 4) is 0 Å². The first-order chi connectivity index (χ1) is 5.41. The number of rotatable bonds is 2. The molecule has 0 atom stereocenters. The van der Waals surface area contributed by atoms with Crippen molar-refractivity contribution < 1.29 is 4.79 Å². The summed E-state index contributed by atoms with van der Waals surface area (Å²) in [5, 5.41) is 2.43. The van der Waals surface area contributed by atoms with Gasteiger partial charge in [-0.25, -0.2) is 0 Å². The van der Waals surface area contributed by atoms with Crippen LogP contribution in [0, 0.1) is 0 Å². The molecule has 0 aliphatic rings. The third-order valence-corrected chi connectivity index (χ3v) is 0.854. The molecule has 0 aromatic carbocycles. The lowest BCUT2D eigenvalue weighted by atomic mass is 10.5. The largest absolute Gasteiger partial charge is 0.359 e. The van der Waals surface area contributed by atoms with E-state index >= 15 is 0 Å². The molecule has 0 unspecified atom stereocenters. The number of nitrogens with one attached hydrogen (secondary N) is 1. The Bertz CT molecular complexity index is 138. The normalized spacial score (nSPS) is 7.36. The molecule has 1 amide bonds. The number of hydrogen-bond acceptors (Lipinski definition) is 2. The van der Waals surface area contributed by atoms with Crippen molar-refractivity contribution in [3.63, 3.8) is 0 Å². The van der Waals surface area contributed by atoms with Crippen molar-refractivity contribution in [2.75, 3.05) is 6.54 Å². The monoisotopic (exact) mass is 152 g/mol. The van der Waals surface area contributed by atoms with E-state index in [1.54, 1.807) is 12.4 Å². The number of carbonyl (C=O) groups excluding carboxylic acids is 1. The van der Waals surface area contributed by atoms with Crippen LogP contribution in [0.2, 0.25) is 0 Å². The maximum atomic E-state index is 9.29. The molecule has 3 heteroatoms. The zero-order valence-electron chi connectivity index (χ0n) is 6.53. The highest BCUT2D eigenvalue weighted by atomic mass is 16.1.